The number of rotatable bonds is 6. The van der Waals surface area contributed by atoms with Gasteiger partial charge in [0.2, 0.25) is 0 Å². The quantitative estimate of drug-likeness (QED) is 0.788. The van der Waals surface area contributed by atoms with Gasteiger partial charge < -0.3 is 15.3 Å². The van der Waals surface area contributed by atoms with Gasteiger partial charge in [0.15, 0.2) is 0 Å². The van der Waals surface area contributed by atoms with E-state index in [-0.39, 0.29) is 5.75 Å². The molecule has 0 saturated carbocycles. The monoisotopic (exact) mass is 282 g/mol. The third-order valence-corrected chi connectivity index (χ3v) is 3.92. The topological polar surface area (TPSA) is 35.5 Å². The van der Waals surface area contributed by atoms with Crippen LogP contribution in [0.2, 0.25) is 5.02 Å². The SMILES string of the molecule is Oc1ccc(CNCCCN2CCCCC2)cc1Cl. The Labute approximate surface area is 120 Å². The molecule has 0 aromatic heterocycles. The lowest BCUT2D eigenvalue weighted by atomic mass is 10.1. The molecule has 0 bridgehead atoms. The fraction of sp³-hybridized carbons (Fsp3) is 0.600. The number of nitrogens with zero attached hydrogens (tertiary/aromatic N) is 1. The molecule has 106 valence electrons. The number of halogens is 1. The Kier molecular flexibility index (Phi) is 5.95. The second-order valence-electron chi connectivity index (χ2n) is 5.22. The molecule has 3 nitrogen and oxygen atoms in total. The van der Waals surface area contributed by atoms with Crippen LogP contribution < -0.4 is 5.32 Å². The van der Waals surface area contributed by atoms with E-state index in [0.29, 0.717) is 5.02 Å². The van der Waals surface area contributed by atoms with Crippen molar-refractivity contribution in [1.82, 2.24) is 10.2 Å². The van der Waals surface area contributed by atoms with Crippen molar-refractivity contribution in [1.29, 1.82) is 0 Å². The molecule has 1 fully saturated rings. The zero-order chi connectivity index (χ0) is 13.5. The van der Waals surface area contributed by atoms with Crippen molar-refractivity contribution in [2.24, 2.45) is 0 Å². The normalized spacial score (nSPS) is 16.7. The van der Waals surface area contributed by atoms with Crippen LogP contribution in [0, 0.1) is 0 Å². The Balaban J connectivity index is 1.59. The average Bonchev–Trinajstić information content (AvgIpc) is 2.43. The number of hydrogen-bond acceptors (Lipinski definition) is 3. The van der Waals surface area contributed by atoms with Gasteiger partial charge in [0.25, 0.3) is 0 Å². The highest BCUT2D eigenvalue weighted by molar-refractivity contribution is 6.32. The number of hydrogen-bond donors (Lipinski definition) is 2. The van der Waals surface area contributed by atoms with Crippen LogP contribution in [-0.4, -0.2) is 36.2 Å². The highest BCUT2D eigenvalue weighted by Gasteiger charge is 2.08. The third-order valence-electron chi connectivity index (χ3n) is 3.62. The minimum Gasteiger partial charge on any atom is -0.506 e. The van der Waals surface area contributed by atoms with E-state index in [4.69, 9.17) is 11.6 Å². The van der Waals surface area contributed by atoms with E-state index in [0.717, 1.165) is 18.7 Å². The first-order valence-corrected chi connectivity index (χ1v) is 7.54. The van der Waals surface area contributed by atoms with Crippen molar-refractivity contribution in [3.05, 3.63) is 28.8 Å². The summed E-state index contributed by atoms with van der Waals surface area (Å²) in [6.45, 7) is 5.57. The molecule has 2 rings (SSSR count). The van der Waals surface area contributed by atoms with E-state index in [1.54, 1.807) is 6.07 Å². The number of piperidine rings is 1. The van der Waals surface area contributed by atoms with Crippen LogP contribution in [-0.2, 0) is 6.54 Å². The predicted molar refractivity (Wildman–Crippen MR) is 79.7 cm³/mol. The first-order valence-electron chi connectivity index (χ1n) is 7.16. The second kappa shape index (κ2) is 7.73. The Hall–Kier alpha value is -0.770. The third kappa shape index (κ3) is 5.01. The number of phenolic OH excluding ortho intramolecular Hbond substituents is 1. The van der Waals surface area contributed by atoms with E-state index >= 15 is 0 Å². The molecule has 4 heteroatoms. The zero-order valence-corrected chi connectivity index (χ0v) is 12.1. The van der Waals surface area contributed by atoms with E-state index in [9.17, 15) is 5.11 Å². The molecule has 1 saturated heterocycles. The summed E-state index contributed by atoms with van der Waals surface area (Å²) >= 11 is 5.87. The summed E-state index contributed by atoms with van der Waals surface area (Å²) in [7, 11) is 0. The van der Waals surface area contributed by atoms with Gasteiger partial charge in [-0.2, -0.15) is 0 Å². The predicted octanol–water partition coefficient (Wildman–Crippen LogP) is 3.01. The summed E-state index contributed by atoms with van der Waals surface area (Å²) in [6.07, 6.45) is 5.31. The highest BCUT2D eigenvalue weighted by Crippen LogP contribution is 2.23. The van der Waals surface area contributed by atoms with Gasteiger partial charge in [-0.05, 0) is 63.1 Å². The highest BCUT2D eigenvalue weighted by atomic mass is 35.5. The summed E-state index contributed by atoms with van der Waals surface area (Å²) in [5.74, 6) is 0.149. The number of aromatic hydroxyl groups is 1. The number of phenols is 1. The fourth-order valence-electron chi connectivity index (χ4n) is 2.50. The van der Waals surface area contributed by atoms with Gasteiger partial charge in [-0.1, -0.05) is 24.1 Å². The van der Waals surface area contributed by atoms with Crippen LogP contribution in [0.4, 0.5) is 0 Å². The second-order valence-corrected chi connectivity index (χ2v) is 5.63. The van der Waals surface area contributed by atoms with Crippen LogP contribution in [0.5, 0.6) is 5.75 Å². The van der Waals surface area contributed by atoms with Crippen molar-refractivity contribution in [3.8, 4) is 5.75 Å². The summed E-state index contributed by atoms with van der Waals surface area (Å²) in [4.78, 5) is 2.56. The maximum absolute atomic E-state index is 9.34. The lowest BCUT2D eigenvalue weighted by Crippen LogP contribution is -2.32. The molecular weight excluding hydrogens is 260 g/mol. The largest absolute Gasteiger partial charge is 0.506 e. The maximum Gasteiger partial charge on any atom is 0.134 e. The van der Waals surface area contributed by atoms with Gasteiger partial charge in [0.05, 0.1) is 5.02 Å². The lowest BCUT2D eigenvalue weighted by molar-refractivity contribution is 0.225. The molecule has 1 aromatic carbocycles. The van der Waals surface area contributed by atoms with E-state index in [1.807, 2.05) is 12.1 Å². The van der Waals surface area contributed by atoms with Crippen molar-refractivity contribution in [2.45, 2.75) is 32.2 Å². The molecule has 19 heavy (non-hydrogen) atoms. The number of nitrogens with one attached hydrogen (secondary N) is 1. The van der Waals surface area contributed by atoms with Gasteiger partial charge in [0.1, 0.15) is 5.75 Å². The van der Waals surface area contributed by atoms with Crippen molar-refractivity contribution in [3.63, 3.8) is 0 Å². The number of likely N-dealkylation sites (tertiary alicyclic amines) is 1. The average molecular weight is 283 g/mol. The molecule has 1 aliphatic rings. The summed E-state index contributed by atoms with van der Waals surface area (Å²) in [6, 6.07) is 5.36. The Morgan fingerprint density at radius 1 is 1.21 bits per heavy atom. The van der Waals surface area contributed by atoms with Crippen LogP contribution in [0.15, 0.2) is 18.2 Å². The molecule has 0 radical (unpaired) electrons. The van der Waals surface area contributed by atoms with Crippen molar-refractivity contribution >= 4 is 11.6 Å². The summed E-state index contributed by atoms with van der Waals surface area (Å²) in [5.41, 5.74) is 1.11. The standard InChI is InChI=1S/C15H23ClN2O/c16-14-11-13(5-6-15(14)19)12-17-7-4-10-18-8-2-1-3-9-18/h5-6,11,17,19H,1-4,7-10,12H2. The van der Waals surface area contributed by atoms with Gasteiger partial charge in [-0.3, -0.25) is 0 Å². The lowest BCUT2D eigenvalue weighted by Gasteiger charge is -2.26. The Bertz CT molecular complexity index is 392. The van der Waals surface area contributed by atoms with Crippen LogP contribution in [0.25, 0.3) is 0 Å². The van der Waals surface area contributed by atoms with Crippen LogP contribution >= 0.6 is 11.6 Å². The molecule has 2 N–H and O–H groups in total. The van der Waals surface area contributed by atoms with Crippen molar-refractivity contribution in [2.75, 3.05) is 26.2 Å². The zero-order valence-electron chi connectivity index (χ0n) is 11.4. The molecule has 0 amide bonds. The van der Waals surface area contributed by atoms with E-state index in [2.05, 4.69) is 10.2 Å². The molecule has 0 atom stereocenters. The Morgan fingerprint density at radius 2 is 2.00 bits per heavy atom. The van der Waals surface area contributed by atoms with Gasteiger partial charge in [-0.25, -0.2) is 0 Å². The molecule has 0 aliphatic carbocycles. The van der Waals surface area contributed by atoms with Gasteiger partial charge in [0, 0.05) is 6.54 Å². The number of benzene rings is 1. The van der Waals surface area contributed by atoms with Crippen LogP contribution in [0.1, 0.15) is 31.2 Å². The molecular formula is C15H23ClN2O. The van der Waals surface area contributed by atoms with E-state index < -0.39 is 0 Å². The Morgan fingerprint density at radius 3 is 2.74 bits per heavy atom. The first-order chi connectivity index (χ1) is 9.25. The molecule has 1 aromatic rings. The van der Waals surface area contributed by atoms with Crippen molar-refractivity contribution < 1.29 is 5.11 Å². The molecule has 0 unspecified atom stereocenters. The minimum absolute atomic E-state index is 0.149. The van der Waals surface area contributed by atoms with Crippen LogP contribution in [0.3, 0.4) is 0 Å². The molecule has 1 aliphatic heterocycles. The molecule has 1 heterocycles. The van der Waals surface area contributed by atoms with Gasteiger partial charge >= 0.3 is 0 Å². The summed E-state index contributed by atoms with van der Waals surface area (Å²) in [5, 5.41) is 13.2. The maximum atomic E-state index is 9.34. The fourth-order valence-corrected chi connectivity index (χ4v) is 2.71. The summed E-state index contributed by atoms with van der Waals surface area (Å²) < 4.78 is 0. The molecule has 0 spiro atoms. The van der Waals surface area contributed by atoms with E-state index in [1.165, 1.54) is 45.3 Å². The smallest absolute Gasteiger partial charge is 0.134 e. The van der Waals surface area contributed by atoms with Gasteiger partial charge in [-0.15, -0.1) is 0 Å². The first kappa shape index (κ1) is 14.6. The minimum atomic E-state index is 0.149.